The van der Waals surface area contributed by atoms with E-state index in [2.05, 4.69) is 24.9 Å². The van der Waals surface area contributed by atoms with Crippen LogP contribution in [0.2, 0.25) is 0 Å². The molecular weight excluding hydrogens is 577 g/mol. The molecule has 0 spiro atoms. The number of phosphoric acid groups is 1. The number of phosphoric ester groups is 1. The SMILES string of the molecule is Nc1nc2c(ncn2[C@@H]2OC3CCC[C@H]4[C@@H](O)[C@H](n5ccc6c(N)ncnc65)O[C@@H]4COP(=O)(O)O[C@@H]2[C@@H]3O)c(=O)[nH]1. The second-order valence-electron chi connectivity index (χ2n) is 10.5. The molecule has 19 heteroatoms. The van der Waals surface area contributed by atoms with E-state index < -0.39 is 62.3 Å². The maximum Gasteiger partial charge on any atom is 0.472 e. The Bertz CT molecular complexity index is 1760. The lowest BCUT2D eigenvalue weighted by Gasteiger charge is -2.26. The van der Waals surface area contributed by atoms with Gasteiger partial charge in [0.25, 0.3) is 5.56 Å². The van der Waals surface area contributed by atoms with Gasteiger partial charge >= 0.3 is 7.82 Å². The molecule has 4 aromatic heterocycles. The summed E-state index contributed by atoms with van der Waals surface area (Å²) in [5.74, 6) is -0.398. The zero-order chi connectivity index (χ0) is 29.3. The van der Waals surface area contributed by atoms with Gasteiger partial charge in [-0.25, -0.2) is 19.5 Å². The largest absolute Gasteiger partial charge is 0.472 e. The fourth-order valence-electron chi connectivity index (χ4n) is 6.07. The van der Waals surface area contributed by atoms with E-state index >= 15 is 0 Å². The van der Waals surface area contributed by atoms with Gasteiger partial charge in [0.05, 0.1) is 30.5 Å². The lowest BCUT2D eigenvalue weighted by molar-refractivity contribution is -0.0567. The van der Waals surface area contributed by atoms with E-state index in [1.54, 1.807) is 16.8 Å². The minimum atomic E-state index is -4.83. The Balaban J connectivity index is 1.17. The van der Waals surface area contributed by atoms with E-state index in [-0.39, 0.29) is 29.5 Å². The highest BCUT2D eigenvalue weighted by atomic mass is 31.2. The third-order valence-electron chi connectivity index (χ3n) is 8.06. The van der Waals surface area contributed by atoms with Crippen LogP contribution < -0.4 is 17.0 Å². The zero-order valence-corrected chi connectivity index (χ0v) is 22.7. The van der Waals surface area contributed by atoms with Crippen molar-refractivity contribution in [1.29, 1.82) is 0 Å². The van der Waals surface area contributed by atoms with Crippen molar-refractivity contribution in [3.63, 3.8) is 0 Å². The van der Waals surface area contributed by atoms with Crippen molar-refractivity contribution in [2.45, 2.75) is 62.2 Å². The van der Waals surface area contributed by atoms with Gasteiger partial charge in [0.1, 0.15) is 36.1 Å². The lowest BCUT2D eigenvalue weighted by atomic mass is 9.91. The summed E-state index contributed by atoms with van der Waals surface area (Å²) >= 11 is 0. The molecule has 0 radical (unpaired) electrons. The molecule has 7 heterocycles. The molecule has 18 nitrogen and oxygen atoms in total. The molecule has 9 atom stereocenters. The van der Waals surface area contributed by atoms with Crippen LogP contribution in [0.15, 0.2) is 29.7 Å². The van der Waals surface area contributed by atoms with Crippen molar-refractivity contribution in [2.24, 2.45) is 5.92 Å². The Morgan fingerprint density at radius 1 is 1.02 bits per heavy atom. The Morgan fingerprint density at radius 2 is 1.83 bits per heavy atom. The number of nitrogen functional groups attached to an aromatic ring is 2. The fourth-order valence-corrected chi connectivity index (χ4v) is 7.00. The number of nitrogens with zero attached hydrogens (tertiary/aromatic N) is 6. The van der Waals surface area contributed by atoms with Crippen molar-refractivity contribution < 1.29 is 38.2 Å². The summed E-state index contributed by atoms with van der Waals surface area (Å²) in [7, 11) is -4.83. The van der Waals surface area contributed by atoms with E-state index in [0.717, 1.165) is 0 Å². The number of hydrogen-bond donors (Lipinski definition) is 6. The van der Waals surface area contributed by atoms with E-state index in [4.69, 9.17) is 30.0 Å². The van der Waals surface area contributed by atoms with Gasteiger partial charge in [-0.05, 0) is 18.9 Å². The third-order valence-corrected chi connectivity index (χ3v) is 9.04. The first-order valence-electron chi connectivity index (χ1n) is 13.2. The molecule has 3 aliphatic heterocycles. The van der Waals surface area contributed by atoms with Crippen LogP contribution in [0.25, 0.3) is 22.2 Å². The monoisotopic (exact) mass is 605 g/mol. The average Bonchev–Trinajstić information content (AvgIpc) is 3.69. The fraction of sp³-hybridized carbons (Fsp3) is 0.522. The van der Waals surface area contributed by atoms with Crippen molar-refractivity contribution in [1.82, 2.24) is 34.1 Å². The normalized spacial score (nSPS) is 35.7. The molecule has 0 amide bonds. The van der Waals surface area contributed by atoms with Crippen molar-refractivity contribution in [2.75, 3.05) is 18.1 Å². The molecule has 224 valence electrons. The molecule has 0 aromatic carbocycles. The molecule has 8 N–H and O–H groups in total. The van der Waals surface area contributed by atoms with Crippen LogP contribution in [-0.4, -0.2) is 86.3 Å². The van der Waals surface area contributed by atoms with Crippen LogP contribution in [0.1, 0.15) is 31.7 Å². The Hall–Kier alpha value is -3.48. The Labute approximate surface area is 235 Å². The highest BCUT2D eigenvalue weighted by Crippen LogP contribution is 2.51. The topological polar surface area (TPSA) is 261 Å². The van der Waals surface area contributed by atoms with Crippen molar-refractivity contribution >= 4 is 41.8 Å². The van der Waals surface area contributed by atoms with E-state index in [0.29, 0.717) is 30.3 Å². The maximum absolute atomic E-state index is 13.2. The first kappa shape index (κ1) is 27.4. The number of ether oxygens (including phenoxy) is 2. The van der Waals surface area contributed by atoms with E-state index in [1.165, 1.54) is 17.2 Å². The number of rotatable bonds is 2. The number of aliphatic hydroxyl groups excluding tert-OH is 2. The number of anilines is 2. The van der Waals surface area contributed by atoms with Gasteiger partial charge in [-0.1, -0.05) is 6.42 Å². The molecule has 2 unspecified atom stereocenters. The minimum Gasteiger partial charge on any atom is -0.388 e. The Kier molecular flexibility index (Phi) is 6.55. The number of H-pyrrole nitrogens is 1. The summed E-state index contributed by atoms with van der Waals surface area (Å²) in [6.45, 7) is -0.387. The first-order valence-corrected chi connectivity index (χ1v) is 14.7. The summed E-state index contributed by atoms with van der Waals surface area (Å²) in [4.78, 5) is 41.7. The van der Waals surface area contributed by atoms with Crippen LogP contribution in [0.3, 0.4) is 0 Å². The third kappa shape index (κ3) is 4.47. The van der Waals surface area contributed by atoms with Gasteiger partial charge in [-0.3, -0.25) is 23.4 Å². The van der Waals surface area contributed by atoms with Gasteiger partial charge < -0.3 is 40.6 Å². The molecule has 3 fully saturated rings. The van der Waals surface area contributed by atoms with Crippen molar-refractivity contribution in [3.8, 4) is 0 Å². The minimum absolute atomic E-state index is 0.0380. The van der Waals surface area contributed by atoms with Crippen LogP contribution in [-0.2, 0) is 23.1 Å². The van der Waals surface area contributed by atoms with Crippen LogP contribution in [0.5, 0.6) is 0 Å². The quantitative estimate of drug-likeness (QED) is 0.158. The first-order chi connectivity index (χ1) is 20.1. The van der Waals surface area contributed by atoms with Crippen LogP contribution >= 0.6 is 7.82 Å². The van der Waals surface area contributed by atoms with E-state index in [9.17, 15) is 24.5 Å². The number of fused-ring (bicyclic) bond motifs is 5. The van der Waals surface area contributed by atoms with Gasteiger partial charge in [-0.2, -0.15) is 4.98 Å². The number of nitrogens with one attached hydrogen (secondary N) is 1. The maximum atomic E-state index is 13.2. The summed E-state index contributed by atoms with van der Waals surface area (Å²) in [5, 5.41) is 23.1. The van der Waals surface area contributed by atoms with Crippen LogP contribution in [0, 0.1) is 5.92 Å². The smallest absolute Gasteiger partial charge is 0.388 e. The zero-order valence-electron chi connectivity index (χ0n) is 21.8. The van der Waals surface area contributed by atoms with Gasteiger partial charge in [0.2, 0.25) is 5.95 Å². The molecule has 4 aromatic rings. The standard InChI is InChI=1S/C23H28N9O9P/c24-17-10-4-5-31(18(10)27-7-26-17)21-14(33)9-2-1-3-11-15(34)16(41-42(36,37)38-6-12(9)40-21)22(39-11)32-8-28-13-19(32)29-23(25)30-20(13)35/h4-5,7-9,11-12,14-16,21-22,33-34H,1-3,6H2,(H,36,37)(H2,24,26,27)(H3,25,29,30,35)/t9-,11?,12-,14-,15-,16-,21-,22-/m1/s1. The molecule has 7 rings (SSSR count). The molecule has 3 aliphatic rings. The molecule has 0 saturated carbocycles. The number of nitrogens with two attached hydrogens (primary N) is 2. The highest BCUT2D eigenvalue weighted by Gasteiger charge is 2.51. The second kappa shape index (κ2) is 10.1. The molecular formula is C23H28N9O9P. The molecule has 42 heavy (non-hydrogen) atoms. The predicted molar refractivity (Wildman–Crippen MR) is 142 cm³/mol. The lowest BCUT2D eigenvalue weighted by Crippen LogP contribution is -2.35. The summed E-state index contributed by atoms with van der Waals surface area (Å²) < 4.78 is 39.2. The van der Waals surface area contributed by atoms with Gasteiger partial charge in [0, 0.05) is 12.1 Å². The predicted octanol–water partition coefficient (Wildman–Crippen LogP) is -0.452. The van der Waals surface area contributed by atoms with Gasteiger partial charge in [-0.15, -0.1) is 0 Å². The molecule has 2 bridgehead atoms. The highest BCUT2D eigenvalue weighted by molar-refractivity contribution is 7.47. The number of aromatic nitrogens is 7. The number of aromatic amines is 1. The number of aliphatic hydroxyl groups is 2. The van der Waals surface area contributed by atoms with Crippen LogP contribution in [0.4, 0.5) is 11.8 Å². The summed E-state index contributed by atoms with van der Waals surface area (Å²) in [5.41, 5.74) is 11.5. The van der Waals surface area contributed by atoms with E-state index in [1.807, 2.05) is 0 Å². The number of hydrogen-bond acceptors (Lipinski definition) is 14. The van der Waals surface area contributed by atoms with Gasteiger partial charge in [0.15, 0.2) is 23.6 Å². The number of imidazole rings is 1. The summed E-state index contributed by atoms with van der Waals surface area (Å²) in [6.07, 6.45) is -1.98. The average molecular weight is 606 g/mol. The molecule has 0 aliphatic carbocycles. The Morgan fingerprint density at radius 3 is 2.67 bits per heavy atom. The second-order valence-corrected chi connectivity index (χ2v) is 11.9. The summed E-state index contributed by atoms with van der Waals surface area (Å²) in [6, 6.07) is 1.72. The van der Waals surface area contributed by atoms with Crippen molar-refractivity contribution in [3.05, 3.63) is 35.3 Å². The molecule has 3 saturated heterocycles.